The number of nitrogens with zero attached hydrogens (tertiary/aromatic N) is 1. The van der Waals surface area contributed by atoms with Crippen molar-refractivity contribution in [1.82, 2.24) is 16.0 Å². The monoisotopic (exact) mass is 501 g/mol. The van der Waals surface area contributed by atoms with E-state index in [4.69, 9.17) is 28.7 Å². The maximum absolute atomic E-state index is 12.8. The number of aliphatic imine (C=N–C) groups is 1. The molecule has 0 aromatic heterocycles. The van der Waals surface area contributed by atoms with E-state index in [9.17, 15) is 24.3 Å². The Kier molecular flexibility index (Phi) is 16.8. The van der Waals surface area contributed by atoms with Crippen LogP contribution in [0.3, 0.4) is 0 Å². The van der Waals surface area contributed by atoms with Gasteiger partial charge in [-0.3, -0.25) is 19.4 Å². The van der Waals surface area contributed by atoms with Crippen molar-refractivity contribution in [3.05, 3.63) is 0 Å². The molecule has 0 saturated carbocycles. The zero-order chi connectivity index (χ0) is 26.8. The van der Waals surface area contributed by atoms with Crippen LogP contribution >= 0.6 is 0 Å². The number of amides is 3. The van der Waals surface area contributed by atoms with Crippen molar-refractivity contribution in [1.29, 1.82) is 0 Å². The standard InChI is InChI=1S/C21H43N9O5/c1-13(28-18(32)14(24)7-2-4-10-22)17(31)29-15(8-3-5-11-23)19(33)30-16(20(34)35)9-6-12-27-21(25)26/h13-16H,2-12,22-24H2,1H3,(H,28,32)(H,29,31)(H,30,33)(H,34,35)(H4,25,26,27). The number of aliphatic carboxylic acids is 1. The predicted octanol–water partition coefficient (Wildman–Crippen LogP) is -2.82. The highest BCUT2D eigenvalue weighted by Crippen LogP contribution is 2.05. The molecule has 0 fully saturated rings. The highest BCUT2D eigenvalue weighted by atomic mass is 16.4. The van der Waals surface area contributed by atoms with Gasteiger partial charge < -0.3 is 49.7 Å². The van der Waals surface area contributed by atoms with Crippen LogP contribution in [0.2, 0.25) is 0 Å². The first-order valence-corrected chi connectivity index (χ1v) is 11.9. The zero-order valence-corrected chi connectivity index (χ0v) is 20.5. The average molecular weight is 502 g/mol. The lowest BCUT2D eigenvalue weighted by Gasteiger charge is -2.24. The zero-order valence-electron chi connectivity index (χ0n) is 20.5. The Balaban J connectivity index is 5.06. The Hall–Kier alpha value is -2.97. The van der Waals surface area contributed by atoms with Crippen molar-refractivity contribution in [3.63, 3.8) is 0 Å². The predicted molar refractivity (Wildman–Crippen MR) is 133 cm³/mol. The Labute approximate surface area is 206 Å². The van der Waals surface area contributed by atoms with Gasteiger partial charge >= 0.3 is 5.97 Å². The lowest BCUT2D eigenvalue weighted by Crippen LogP contribution is -2.56. The minimum Gasteiger partial charge on any atom is -0.480 e. The minimum atomic E-state index is -1.22. The summed E-state index contributed by atoms with van der Waals surface area (Å²) in [6.45, 7) is 2.59. The highest BCUT2D eigenvalue weighted by Gasteiger charge is 2.28. The van der Waals surface area contributed by atoms with E-state index in [1.165, 1.54) is 6.92 Å². The molecule has 0 aromatic rings. The van der Waals surface area contributed by atoms with Crippen molar-refractivity contribution in [2.75, 3.05) is 19.6 Å². The number of carbonyl (C=O) groups excluding carboxylic acids is 3. The van der Waals surface area contributed by atoms with Crippen LogP contribution in [-0.2, 0) is 19.2 Å². The number of hydrogen-bond acceptors (Lipinski definition) is 8. The van der Waals surface area contributed by atoms with Crippen LogP contribution < -0.4 is 44.6 Å². The van der Waals surface area contributed by atoms with Crippen LogP contribution in [0.1, 0.15) is 58.3 Å². The maximum Gasteiger partial charge on any atom is 0.326 e. The smallest absolute Gasteiger partial charge is 0.326 e. The van der Waals surface area contributed by atoms with Gasteiger partial charge in [-0.2, -0.15) is 0 Å². The third kappa shape index (κ3) is 14.8. The van der Waals surface area contributed by atoms with E-state index in [0.29, 0.717) is 45.2 Å². The fourth-order valence-corrected chi connectivity index (χ4v) is 3.12. The van der Waals surface area contributed by atoms with E-state index in [1.807, 2.05) is 0 Å². The number of nitrogens with one attached hydrogen (secondary N) is 3. The fraction of sp³-hybridized carbons (Fsp3) is 0.762. The molecule has 0 aliphatic rings. The lowest BCUT2D eigenvalue weighted by molar-refractivity contribution is -0.142. The molecule has 14 N–H and O–H groups in total. The molecule has 202 valence electrons. The van der Waals surface area contributed by atoms with Crippen LogP contribution in [0, 0.1) is 0 Å². The van der Waals surface area contributed by atoms with Crippen LogP contribution in [0.25, 0.3) is 0 Å². The largest absolute Gasteiger partial charge is 0.480 e. The summed E-state index contributed by atoms with van der Waals surface area (Å²) in [5.41, 5.74) is 27.3. The van der Waals surface area contributed by atoms with Crippen LogP contribution in [0.15, 0.2) is 4.99 Å². The van der Waals surface area contributed by atoms with Gasteiger partial charge in [-0.15, -0.1) is 0 Å². The third-order valence-electron chi connectivity index (χ3n) is 5.20. The number of guanidine groups is 1. The molecule has 35 heavy (non-hydrogen) atoms. The second kappa shape index (κ2) is 18.4. The topological polar surface area (TPSA) is 267 Å². The number of rotatable bonds is 19. The molecule has 0 rings (SSSR count). The van der Waals surface area contributed by atoms with Gasteiger partial charge in [-0.05, 0) is 65.0 Å². The van der Waals surface area contributed by atoms with E-state index in [2.05, 4.69) is 20.9 Å². The quantitative estimate of drug-likeness (QED) is 0.0497. The average Bonchev–Trinajstić information content (AvgIpc) is 2.79. The first kappa shape index (κ1) is 32.0. The van der Waals surface area contributed by atoms with Crippen molar-refractivity contribution >= 4 is 29.7 Å². The van der Waals surface area contributed by atoms with Gasteiger partial charge in [0, 0.05) is 6.54 Å². The lowest BCUT2D eigenvalue weighted by atomic mass is 10.1. The number of carboxylic acid groups (broad SMARTS) is 1. The number of nitrogens with two attached hydrogens (primary N) is 5. The summed E-state index contributed by atoms with van der Waals surface area (Å²) in [4.78, 5) is 53.1. The number of carbonyl (C=O) groups is 4. The number of carboxylic acids is 1. The highest BCUT2D eigenvalue weighted by molar-refractivity contribution is 5.93. The van der Waals surface area contributed by atoms with E-state index in [0.717, 1.165) is 6.42 Å². The van der Waals surface area contributed by atoms with Crippen molar-refractivity contribution in [2.45, 2.75) is 82.5 Å². The normalized spacial score (nSPS) is 14.2. The molecule has 14 heteroatoms. The Bertz CT molecular complexity index is 701. The summed E-state index contributed by atoms with van der Waals surface area (Å²) < 4.78 is 0. The molecule has 0 spiro atoms. The van der Waals surface area contributed by atoms with Gasteiger partial charge in [0.15, 0.2) is 5.96 Å². The molecule has 0 bridgehead atoms. The van der Waals surface area contributed by atoms with Gasteiger partial charge in [0.25, 0.3) is 0 Å². The molecule has 3 amide bonds. The molecule has 14 nitrogen and oxygen atoms in total. The van der Waals surface area contributed by atoms with Crippen LogP contribution in [-0.4, -0.2) is 78.6 Å². The molecule has 0 radical (unpaired) electrons. The molecule has 0 aromatic carbocycles. The first-order chi connectivity index (χ1) is 16.5. The maximum atomic E-state index is 12.8. The summed E-state index contributed by atoms with van der Waals surface area (Å²) in [7, 11) is 0. The second-order valence-electron chi connectivity index (χ2n) is 8.32. The second-order valence-corrected chi connectivity index (χ2v) is 8.32. The Morgan fingerprint density at radius 2 is 1.31 bits per heavy atom. The van der Waals surface area contributed by atoms with E-state index in [1.54, 1.807) is 0 Å². The van der Waals surface area contributed by atoms with Crippen LogP contribution in [0.4, 0.5) is 0 Å². The molecule has 0 aliphatic heterocycles. The summed E-state index contributed by atoms with van der Waals surface area (Å²) in [6, 6.07) is -3.93. The number of unbranched alkanes of at least 4 members (excludes halogenated alkanes) is 2. The first-order valence-electron chi connectivity index (χ1n) is 11.9. The Morgan fingerprint density at radius 1 is 0.771 bits per heavy atom. The van der Waals surface area contributed by atoms with Gasteiger partial charge in [0.05, 0.1) is 6.04 Å². The van der Waals surface area contributed by atoms with Gasteiger partial charge in [-0.25, -0.2) is 4.79 Å². The van der Waals surface area contributed by atoms with Crippen molar-refractivity contribution in [3.8, 4) is 0 Å². The number of hydrogen-bond donors (Lipinski definition) is 9. The molecular weight excluding hydrogens is 458 g/mol. The van der Waals surface area contributed by atoms with Crippen LogP contribution in [0.5, 0.6) is 0 Å². The molecule has 0 saturated heterocycles. The third-order valence-corrected chi connectivity index (χ3v) is 5.20. The van der Waals surface area contributed by atoms with Gasteiger partial charge in [0.1, 0.15) is 18.1 Å². The van der Waals surface area contributed by atoms with E-state index >= 15 is 0 Å². The SMILES string of the molecule is CC(NC(=O)C(N)CCCCN)C(=O)NC(CCCCN)C(=O)NC(CCCN=C(N)N)C(=O)O. The Morgan fingerprint density at radius 3 is 1.86 bits per heavy atom. The fourth-order valence-electron chi connectivity index (χ4n) is 3.12. The van der Waals surface area contributed by atoms with Gasteiger partial charge in [0.2, 0.25) is 17.7 Å². The molecule has 4 atom stereocenters. The van der Waals surface area contributed by atoms with E-state index in [-0.39, 0.29) is 25.3 Å². The molecule has 0 aliphatic carbocycles. The summed E-state index contributed by atoms with van der Waals surface area (Å²) in [6.07, 6.45) is 3.67. The van der Waals surface area contributed by atoms with Gasteiger partial charge in [-0.1, -0.05) is 6.42 Å². The van der Waals surface area contributed by atoms with E-state index < -0.39 is 47.9 Å². The summed E-state index contributed by atoms with van der Waals surface area (Å²) in [5.74, 6) is -3.07. The molecule has 4 unspecified atom stereocenters. The summed E-state index contributed by atoms with van der Waals surface area (Å²) in [5, 5.41) is 17.0. The van der Waals surface area contributed by atoms with Crippen molar-refractivity contribution in [2.24, 2.45) is 33.7 Å². The van der Waals surface area contributed by atoms with Crippen molar-refractivity contribution < 1.29 is 24.3 Å². The molecular formula is C21H43N9O5. The molecule has 0 heterocycles. The minimum absolute atomic E-state index is 0.0931. The summed E-state index contributed by atoms with van der Waals surface area (Å²) >= 11 is 0.